The summed E-state index contributed by atoms with van der Waals surface area (Å²) in [6.07, 6.45) is 0. The highest BCUT2D eigenvalue weighted by Crippen LogP contribution is 2.34. The zero-order chi connectivity index (χ0) is 14.6. The topological polar surface area (TPSA) is 38.3 Å². The summed E-state index contributed by atoms with van der Waals surface area (Å²) in [6, 6.07) is 5.32. The van der Waals surface area contributed by atoms with E-state index in [1.54, 1.807) is 32.0 Å². The minimum Gasteiger partial charge on any atom is -0.464 e. The van der Waals surface area contributed by atoms with Crippen molar-refractivity contribution < 1.29 is 9.53 Å². The third kappa shape index (κ3) is 3.62. The molecule has 0 bridgehead atoms. The number of carbonyl (C=O) groups is 1. The molecule has 106 valence electrons. The van der Waals surface area contributed by atoms with Crippen LogP contribution in [0, 0.1) is 0 Å². The van der Waals surface area contributed by atoms with E-state index in [0.717, 1.165) is 0 Å². The first-order valence-electron chi connectivity index (χ1n) is 6.22. The van der Waals surface area contributed by atoms with Gasteiger partial charge in [-0.3, -0.25) is 5.32 Å². The van der Waals surface area contributed by atoms with E-state index in [-0.39, 0.29) is 12.0 Å². The predicted octanol–water partition coefficient (Wildman–Crippen LogP) is 3.77. The van der Waals surface area contributed by atoms with Gasteiger partial charge in [-0.05, 0) is 33.8 Å². The molecule has 0 aliphatic carbocycles. The minimum atomic E-state index is -1.02. The van der Waals surface area contributed by atoms with Gasteiger partial charge in [0.2, 0.25) is 0 Å². The lowest BCUT2D eigenvalue weighted by atomic mass is 9.91. The SMILES string of the molecule is CCOC(=O)C(C)(NC(C)C)c1cccc(Cl)c1Cl. The van der Waals surface area contributed by atoms with Crippen LogP contribution in [0.1, 0.15) is 33.3 Å². The summed E-state index contributed by atoms with van der Waals surface area (Å²) in [6.45, 7) is 7.74. The van der Waals surface area contributed by atoms with Gasteiger partial charge in [-0.2, -0.15) is 0 Å². The predicted molar refractivity (Wildman–Crippen MR) is 78.7 cm³/mol. The van der Waals surface area contributed by atoms with Gasteiger partial charge in [0.05, 0.1) is 16.7 Å². The lowest BCUT2D eigenvalue weighted by molar-refractivity contribution is -0.151. The third-order valence-electron chi connectivity index (χ3n) is 2.75. The van der Waals surface area contributed by atoms with Crippen molar-refractivity contribution in [2.75, 3.05) is 6.61 Å². The number of benzene rings is 1. The quantitative estimate of drug-likeness (QED) is 0.842. The summed E-state index contributed by atoms with van der Waals surface area (Å²) in [7, 11) is 0. The molecule has 0 aromatic heterocycles. The van der Waals surface area contributed by atoms with E-state index in [0.29, 0.717) is 22.2 Å². The normalized spacial score (nSPS) is 14.3. The molecule has 0 heterocycles. The molecule has 1 atom stereocenters. The summed E-state index contributed by atoms with van der Waals surface area (Å²) < 4.78 is 5.15. The number of nitrogens with one attached hydrogen (secondary N) is 1. The fraction of sp³-hybridized carbons (Fsp3) is 0.500. The van der Waals surface area contributed by atoms with Gasteiger partial charge < -0.3 is 4.74 Å². The lowest BCUT2D eigenvalue weighted by Crippen LogP contribution is -2.50. The van der Waals surface area contributed by atoms with Crippen molar-refractivity contribution >= 4 is 29.2 Å². The van der Waals surface area contributed by atoms with Gasteiger partial charge in [0, 0.05) is 11.6 Å². The van der Waals surface area contributed by atoms with Crippen LogP contribution in [0.15, 0.2) is 18.2 Å². The van der Waals surface area contributed by atoms with Crippen molar-refractivity contribution in [3.8, 4) is 0 Å². The van der Waals surface area contributed by atoms with E-state index in [1.807, 2.05) is 13.8 Å². The van der Waals surface area contributed by atoms with Crippen LogP contribution >= 0.6 is 23.2 Å². The van der Waals surface area contributed by atoms with Crippen molar-refractivity contribution in [2.24, 2.45) is 0 Å². The zero-order valence-corrected chi connectivity index (χ0v) is 13.1. The van der Waals surface area contributed by atoms with Crippen LogP contribution in [0.4, 0.5) is 0 Å². The molecule has 0 amide bonds. The van der Waals surface area contributed by atoms with Gasteiger partial charge in [-0.25, -0.2) is 4.79 Å². The molecular weight excluding hydrogens is 285 g/mol. The van der Waals surface area contributed by atoms with Crippen molar-refractivity contribution in [2.45, 2.75) is 39.3 Å². The largest absolute Gasteiger partial charge is 0.464 e. The highest BCUT2D eigenvalue weighted by Gasteiger charge is 2.39. The molecule has 0 saturated carbocycles. The summed E-state index contributed by atoms with van der Waals surface area (Å²) in [5.41, 5.74) is -0.402. The molecule has 19 heavy (non-hydrogen) atoms. The van der Waals surface area contributed by atoms with Gasteiger partial charge in [-0.15, -0.1) is 0 Å². The van der Waals surface area contributed by atoms with Crippen LogP contribution in [0.3, 0.4) is 0 Å². The second-order valence-corrected chi connectivity index (χ2v) is 5.53. The van der Waals surface area contributed by atoms with E-state index in [4.69, 9.17) is 27.9 Å². The van der Waals surface area contributed by atoms with E-state index in [2.05, 4.69) is 5.32 Å². The number of hydrogen-bond donors (Lipinski definition) is 1. The maximum atomic E-state index is 12.3. The molecular formula is C14H19Cl2NO2. The van der Waals surface area contributed by atoms with Crippen molar-refractivity contribution in [1.29, 1.82) is 0 Å². The monoisotopic (exact) mass is 303 g/mol. The summed E-state index contributed by atoms with van der Waals surface area (Å²) in [4.78, 5) is 12.3. The Morgan fingerprint density at radius 2 is 2.05 bits per heavy atom. The van der Waals surface area contributed by atoms with Crippen LogP contribution in [-0.2, 0) is 15.1 Å². The fourth-order valence-corrected chi connectivity index (χ4v) is 2.48. The highest BCUT2D eigenvalue weighted by atomic mass is 35.5. The molecule has 1 aromatic carbocycles. The van der Waals surface area contributed by atoms with Crippen molar-refractivity contribution in [1.82, 2.24) is 5.32 Å². The summed E-state index contributed by atoms with van der Waals surface area (Å²) >= 11 is 12.3. The second-order valence-electron chi connectivity index (χ2n) is 4.75. The lowest BCUT2D eigenvalue weighted by Gasteiger charge is -2.32. The maximum Gasteiger partial charge on any atom is 0.330 e. The minimum absolute atomic E-state index is 0.0875. The molecule has 0 radical (unpaired) electrons. The molecule has 0 aliphatic heterocycles. The van der Waals surface area contributed by atoms with Gasteiger partial charge in [0.15, 0.2) is 0 Å². The number of esters is 1. The van der Waals surface area contributed by atoms with Gasteiger partial charge in [-0.1, -0.05) is 35.3 Å². The highest BCUT2D eigenvalue weighted by molar-refractivity contribution is 6.42. The van der Waals surface area contributed by atoms with E-state index in [9.17, 15) is 4.79 Å². The van der Waals surface area contributed by atoms with Crippen LogP contribution in [0.5, 0.6) is 0 Å². The number of rotatable bonds is 5. The first-order valence-corrected chi connectivity index (χ1v) is 6.98. The molecule has 1 aromatic rings. The van der Waals surface area contributed by atoms with Crippen LogP contribution < -0.4 is 5.32 Å². The maximum absolute atomic E-state index is 12.3. The Bertz CT molecular complexity index is 463. The Morgan fingerprint density at radius 3 is 2.58 bits per heavy atom. The van der Waals surface area contributed by atoms with Crippen LogP contribution in [0.25, 0.3) is 0 Å². The number of hydrogen-bond acceptors (Lipinski definition) is 3. The van der Waals surface area contributed by atoms with Gasteiger partial charge in [0.25, 0.3) is 0 Å². The number of ether oxygens (including phenoxy) is 1. The molecule has 0 spiro atoms. The van der Waals surface area contributed by atoms with E-state index >= 15 is 0 Å². The van der Waals surface area contributed by atoms with Gasteiger partial charge in [0.1, 0.15) is 5.54 Å². The Hall–Kier alpha value is -0.770. The fourth-order valence-electron chi connectivity index (χ4n) is 1.99. The second kappa shape index (κ2) is 6.60. The van der Waals surface area contributed by atoms with Gasteiger partial charge >= 0.3 is 5.97 Å². The Morgan fingerprint density at radius 1 is 1.42 bits per heavy atom. The average molecular weight is 304 g/mol. The molecule has 5 heteroatoms. The molecule has 1 unspecified atom stereocenters. The van der Waals surface area contributed by atoms with E-state index < -0.39 is 5.54 Å². The molecule has 1 N–H and O–H groups in total. The average Bonchev–Trinajstić information content (AvgIpc) is 2.31. The summed E-state index contributed by atoms with van der Waals surface area (Å²) in [5.74, 6) is -0.368. The first-order chi connectivity index (χ1) is 8.82. The Balaban J connectivity index is 3.30. The standard InChI is InChI=1S/C14H19Cl2NO2/c1-5-19-13(18)14(4,17-9(2)3)10-7-6-8-11(15)12(10)16/h6-9,17H,5H2,1-4H3. The Labute approximate surface area is 124 Å². The Kier molecular flexibility index (Phi) is 5.65. The smallest absolute Gasteiger partial charge is 0.330 e. The molecule has 0 saturated heterocycles. The van der Waals surface area contributed by atoms with E-state index in [1.165, 1.54) is 0 Å². The first kappa shape index (κ1) is 16.3. The molecule has 1 rings (SSSR count). The van der Waals surface area contributed by atoms with Crippen LogP contribution in [-0.4, -0.2) is 18.6 Å². The summed E-state index contributed by atoms with van der Waals surface area (Å²) in [5, 5.41) is 3.99. The number of halogens is 2. The third-order valence-corrected chi connectivity index (χ3v) is 3.57. The van der Waals surface area contributed by atoms with Crippen molar-refractivity contribution in [3.63, 3.8) is 0 Å². The zero-order valence-electron chi connectivity index (χ0n) is 11.6. The molecule has 0 fully saturated rings. The van der Waals surface area contributed by atoms with Crippen LogP contribution in [0.2, 0.25) is 10.0 Å². The molecule has 3 nitrogen and oxygen atoms in total. The molecule has 0 aliphatic rings. The number of carbonyl (C=O) groups excluding carboxylic acids is 1. The van der Waals surface area contributed by atoms with Crippen molar-refractivity contribution in [3.05, 3.63) is 33.8 Å².